The first kappa shape index (κ1) is 15.8. The number of benzene rings is 2. The van der Waals surface area contributed by atoms with Gasteiger partial charge in [-0.3, -0.25) is 4.79 Å². The highest BCUT2D eigenvalue weighted by molar-refractivity contribution is 5.84. The number of rotatable bonds is 4. The third-order valence-electron chi connectivity index (χ3n) is 4.95. The van der Waals surface area contributed by atoms with Crippen molar-refractivity contribution in [3.05, 3.63) is 65.9 Å². The largest absolute Gasteiger partial charge is 0.484 e. The van der Waals surface area contributed by atoms with E-state index in [1.807, 2.05) is 42.2 Å². The van der Waals surface area contributed by atoms with E-state index in [4.69, 9.17) is 4.74 Å². The molecule has 3 aromatic rings. The highest BCUT2D eigenvalue weighted by Gasteiger charge is 2.28. The quantitative estimate of drug-likeness (QED) is 0.787. The molecule has 4 rings (SSSR count). The first-order valence-electron chi connectivity index (χ1n) is 8.74. The Morgan fingerprint density at radius 1 is 1.24 bits per heavy atom. The Morgan fingerprint density at radius 3 is 3.00 bits per heavy atom. The van der Waals surface area contributed by atoms with E-state index in [0.717, 1.165) is 36.3 Å². The molecule has 1 unspecified atom stereocenters. The van der Waals surface area contributed by atoms with Crippen LogP contribution in [0.25, 0.3) is 10.9 Å². The van der Waals surface area contributed by atoms with Crippen LogP contribution >= 0.6 is 0 Å². The van der Waals surface area contributed by atoms with Crippen molar-refractivity contribution in [2.45, 2.75) is 19.3 Å². The molecule has 1 saturated heterocycles. The Kier molecular flexibility index (Phi) is 4.18. The maximum atomic E-state index is 12.5. The topological polar surface area (TPSA) is 45.3 Å². The van der Waals surface area contributed by atoms with Gasteiger partial charge in [0.15, 0.2) is 6.61 Å². The fraction of sp³-hybridized carbons (Fsp3) is 0.286. The van der Waals surface area contributed by atoms with Gasteiger partial charge in [-0.2, -0.15) is 0 Å². The molecule has 1 aliphatic rings. The van der Waals surface area contributed by atoms with Crippen LogP contribution in [0.4, 0.5) is 0 Å². The van der Waals surface area contributed by atoms with Crippen LogP contribution in [-0.2, 0) is 4.79 Å². The smallest absolute Gasteiger partial charge is 0.260 e. The average molecular weight is 334 g/mol. The van der Waals surface area contributed by atoms with Crippen molar-refractivity contribution in [1.82, 2.24) is 9.88 Å². The van der Waals surface area contributed by atoms with E-state index in [2.05, 4.69) is 29.4 Å². The highest BCUT2D eigenvalue weighted by Crippen LogP contribution is 2.32. The Labute approximate surface area is 147 Å². The molecule has 4 heteroatoms. The fourth-order valence-electron chi connectivity index (χ4n) is 3.61. The molecule has 128 valence electrons. The number of carbonyl (C=O) groups is 1. The summed E-state index contributed by atoms with van der Waals surface area (Å²) in [5.41, 5.74) is 3.60. The molecule has 2 heterocycles. The minimum absolute atomic E-state index is 0.0591. The summed E-state index contributed by atoms with van der Waals surface area (Å²) in [6.07, 6.45) is 3.09. The lowest BCUT2D eigenvalue weighted by atomic mass is 9.98. The van der Waals surface area contributed by atoms with E-state index < -0.39 is 0 Å². The first-order valence-corrected chi connectivity index (χ1v) is 8.74. The van der Waals surface area contributed by atoms with Crippen molar-refractivity contribution in [3.63, 3.8) is 0 Å². The number of hydrogen-bond acceptors (Lipinski definition) is 2. The maximum absolute atomic E-state index is 12.5. The van der Waals surface area contributed by atoms with Gasteiger partial charge in [-0.15, -0.1) is 0 Å². The molecule has 1 amide bonds. The van der Waals surface area contributed by atoms with Gasteiger partial charge < -0.3 is 14.6 Å². The molecule has 1 aromatic heterocycles. The standard InChI is InChI=1S/C21H22N2O2/c1-15-5-4-6-17(11-15)25-14-21(24)23-10-9-16(13-23)19-12-22-20-8-3-2-7-18(19)20/h2-8,11-12,16,22H,9-10,13-14H2,1H3. The third kappa shape index (κ3) is 3.25. The maximum Gasteiger partial charge on any atom is 0.260 e. The zero-order chi connectivity index (χ0) is 17.2. The Bertz CT molecular complexity index is 900. The summed E-state index contributed by atoms with van der Waals surface area (Å²) in [4.78, 5) is 17.7. The monoisotopic (exact) mass is 334 g/mol. The van der Waals surface area contributed by atoms with E-state index in [1.54, 1.807) is 0 Å². The molecule has 1 atom stereocenters. The lowest BCUT2D eigenvalue weighted by Crippen LogP contribution is -2.32. The van der Waals surface area contributed by atoms with Crippen molar-refractivity contribution in [2.75, 3.05) is 19.7 Å². The van der Waals surface area contributed by atoms with Crippen LogP contribution in [0, 0.1) is 6.92 Å². The van der Waals surface area contributed by atoms with Gasteiger partial charge in [0.2, 0.25) is 0 Å². The van der Waals surface area contributed by atoms with E-state index in [0.29, 0.717) is 5.92 Å². The third-order valence-corrected chi connectivity index (χ3v) is 4.95. The summed E-state index contributed by atoms with van der Waals surface area (Å²) in [6, 6.07) is 16.1. The van der Waals surface area contributed by atoms with E-state index in [-0.39, 0.29) is 12.5 Å². The van der Waals surface area contributed by atoms with Crippen molar-refractivity contribution in [1.29, 1.82) is 0 Å². The van der Waals surface area contributed by atoms with Gasteiger partial charge in [0.1, 0.15) is 5.75 Å². The van der Waals surface area contributed by atoms with Crippen LogP contribution in [0.15, 0.2) is 54.7 Å². The van der Waals surface area contributed by atoms with Crippen LogP contribution in [0.2, 0.25) is 0 Å². The van der Waals surface area contributed by atoms with Gasteiger partial charge in [-0.05, 0) is 42.7 Å². The van der Waals surface area contributed by atoms with Crippen LogP contribution in [0.1, 0.15) is 23.5 Å². The van der Waals surface area contributed by atoms with Gasteiger partial charge in [-0.1, -0.05) is 30.3 Å². The lowest BCUT2D eigenvalue weighted by molar-refractivity contribution is -0.132. The number of aromatic amines is 1. The Hall–Kier alpha value is -2.75. The van der Waals surface area contributed by atoms with E-state index in [9.17, 15) is 4.79 Å². The predicted molar refractivity (Wildman–Crippen MR) is 98.9 cm³/mol. The zero-order valence-electron chi connectivity index (χ0n) is 14.4. The number of nitrogens with zero attached hydrogens (tertiary/aromatic N) is 1. The molecule has 0 bridgehead atoms. The summed E-state index contributed by atoms with van der Waals surface area (Å²) in [7, 11) is 0. The summed E-state index contributed by atoms with van der Waals surface area (Å²) in [5, 5.41) is 1.26. The van der Waals surface area contributed by atoms with Gasteiger partial charge in [-0.25, -0.2) is 0 Å². The van der Waals surface area contributed by atoms with Crippen LogP contribution in [0.3, 0.4) is 0 Å². The number of para-hydroxylation sites is 1. The Balaban J connectivity index is 1.39. The number of nitrogens with one attached hydrogen (secondary N) is 1. The van der Waals surface area contributed by atoms with Gasteiger partial charge in [0.05, 0.1) is 0 Å². The molecule has 1 fully saturated rings. The average Bonchev–Trinajstić information content (AvgIpc) is 3.26. The molecule has 4 nitrogen and oxygen atoms in total. The number of ether oxygens (including phenoxy) is 1. The van der Waals surface area contributed by atoms with Crippen LogP contribution < -0.4 is 4.74 Å². The van der Waals surface area contributed by atoms with Crippen LogP contribution in [-0.4, -0.2) is 35.5 Å². The van der Waals surface area contributed by atoms with Crippen molar-refractivity contribution in [3.8, 4) is 5.75 Å². The number of H-pyrrole nitrogens is 1. The molecular formula is C21H22N2O2. The second-order valence-corrected chi connectivity index (χ2v) is 6.72. The lowest BCUT2D eigenvalue weighted by Gasteiger charge is -2.17. The summed E-state index contributed by atoms with van der Waals surface area (Å²) in [5.74, 6) is 1.20. The predicted octanol–water partition coefficient (Wildman–Crippen LogP) is 3.87. The number of aryl methyl sites for hydroxylation is 1. The van der Waals surface area contributed by atoms with Crippen LogP contribution in [0.5, 0.6) is 5.75 Å². The zero-order valence-corrected chi connectivity index (χ0v) is 14.4. The molecule has 2 aromatic carbocycles. The van der Waals surface area contributed by atoms with Crippen molar-refractivity contribution >= 4 is 16.8 Å². The second kappa shape index (κ2) is 6.63. The summed E-state index contributed by atoms with van der Waals surface area (Å²) >= 11 is 0. The number of likely N-dealkylation sites (tertiary alicyclic amines) is 1. The van der Waals surface area contributed by atoms with Gasteiger partial charge in [0, 0.05) is 36.1 Å². The van der Waals surface area contributed by atoms with Crippen molar-refractivity contribution in [2.24, 2.45) is 0 Å². The van der Waals surface area contributed by atoms with E-state index >= 15 is 0 Å². The molecular weight excluding hydrogens is 312 g/mol. The number of carbonyl (C=O) groups excluding carboxylic acids is 1. The molecule has 0 saturated carbocycles. The minimum atomic E-state index is 0.0591. The molecule has 25 heavy (non-hydrogen) atoms. The second-order valence-electron chi connectivity index (χ2n) is 6.72. The number of hydrogen-bond donors (Lipinski definition) is 1. The minimum Gasteiger partial charge on any atom is -0.484 e. The Morgan fingerprint density at radius 2 is 2.12 bits per heavy atom. The van der Waals surface area contributed by atoms with Crippen molar-refractivity contribution < 1.29 is 9.53 Å². The summed E-state index contributed by atoms with van der Waals surface area (Å²) < 4.78 is 5.66. The summed E-state index contributed by atoms with van der Waals surface area (Å²) in [6.45, 7) is 3.67. The molecule has 0 radical (unpaired) electrons. The molecule has 1 aliphatic heterocycles. The highest BCUT2D eigenvalue weighted by atomic mass is 16.5. The number of aromatic nitrogens is 1. The SMILES string of the molecule is Cc1cccc(OCC(=O)N2CCC(c3c[nH]c4ccccc34)C2)c1. The molecule has 1 N–H and O–H groups in total. The molecule has 0 aliphatic carbocycles. The molecule has 0 spiro atoms. The van der Waals surface area contributed by atoms with Gasteiger partial charge >= 0.3 is 0 Å². The number of fused-ring (bicyclic) bond motifs is 1. The fourth-order valence-corrected chi connectivity index (χ4v) is 3.61. The van der Waals surface area contributed by atoms with Gasteiger partial charge in [0.25, 0.3) is 5.91 Å². The normalized spacial score (nSPS) is 17.2. The number of amides is 1. The first-order chi connectivity index (χ1) is 12.2. The van der Waals surface area contributed by atoms with E-state index in [1.165, 1.54) is 10.9 Å².